The van der Waals surface area contributed by atoms with Gasteiger partial charge >= 0.3 is 5.97 Å². The van der Waals surface area contributed by atoms with E-state index in [-0.39, 0.29) is 0 Å². The fourth-order valence-corrected chi connectivity index (χ4v) is 2.10. The SMILES string of the molecule is CCNC(=S)N/N=C/c1cccc(OC(=O)c2ccc(Cl)cc2)c1. The Morgan fingerprint density at radius 1 is 1.29 bits per heavy atom. The van der Waals surface area contributed by atoms with Crippen molar-refractivity contribution in [2.45, 2.75) is 6.92 Å². The standard InChI is InChI=1S/C17H16ClN3O2S/c1-2-19-17(24)21-20-11-12-4-3-5-15(10-12)23-16(22)13-6-8-14(18)9-7-13/h3-11H,2H2,1H3,(H2,19,21,24)/b20-11+. The highest BCUT2D eigenvalue weighted by atomic mass is 35.5. The number of thiocarbonyl (C=S) groups is 1. The minimum atomic E-state index is -0.452. The van der Waals surface area contributed by atoms with Gasteiger partial charge in [0.15, 0.2) is 5.11 Å². The Balaban J connectivity index is 1.99. The number of hydrogen-bond donors (Lipinski definition) is 2. The van der Waals surface area contributed by atoms with Crippen LogP contribution in [0.2, 0.25) is 5.02 Å². The van der Waals surface area contributed by atoms with Crippen LogP contribution in [0.25, 0.3) is 0 Å². The summed E-state index contributed by atoms with van der Waals surface area (Å²) < 4.78 is 5.34. The molecule has 0 heterocycles. The van der Waals surface area contributed by atoms with Crippen molar-refractivity contribution in [3.8, 4) is 5.75 Å². The van der Waals surface area contributed by atoms with E-state index in [1.165, 1.54) is 0 Å². The predicted octanol–water partition coefficient (Wildman–Crippen LogP) is 3.38. The molecule has 0 aliphatic rings. The van der Waals surface area contributed by atoms with E-state index in [1.807, 2.05) is 13.0 Å². The van der Waals surface area contributed by atoms with Crippen LogP contribution in [-0.2, 0) is 0 Å². The van der Waals surface area contributed by atoms with Gasteiger partial charge in [-0.25, -0.2) is 4.79 Å². The van der Waals surface area contributed by atoms with Gasteiger partial charge in [-0.3, -0.25) is 5.43 Å². The molecule has 0 fully saturated rings. The Labute approximate surface area is 150 Å². The van der Waals surface area contributed by atoms with Crippen LogP contribution in [0.15, 0.2) is 53.6 Å². The molecule has 0 spiro atoms. The predicted molar refractivity (Wildman–Crippen MR) is 99.9 cm³/mol. The molecule has 5 nitrogen and oxygen atoms in total. The second kappa shape index (κ2) is 9.00. The topological polar surface area (TPSA) is 62.7 Å². The summed E-state index contributed by atoms with van der Waals surface area (Å²) in [4.78, 5) is 12.1. The number of nitrogens with zero attached hydrogens (tertiary/aromatic N) is 1. The van der Waals surface area contributed by atoms with Gasteiger partial charge < -0.3 is 10.1 Å². The summed E-state index contributed by atoms with van der Waals surface area (Å²) in [6.45, 7) is 2.66. The molecule has 2 N–H and O–H groups in total. The van der Waals surface area contributed by atoms with Gasteiger partial charge in [-0.2, -0.15) is 5.10 Å². The molecule has 24 heavy (non-hydrogen) atoms. The van der Waals surface area contributed by atoms with E-state index in [4.69, 9.17) is 28.6 Å². The summed E-state index contributed by atoms with van der Waals surface area (Å²) in [6, 6.07) is 13.5. The van der Waals surface area contributed by atoms with E-state index in [0.29, 0.717) is 21.4 Å². The lowest BCUT2D eigenvalue weighted by Crippen LogP contribution is -2.31. The van der Waals surface area contributed by atoms with Crippen LogP contribution in [-0.4, -0.2) is 23.8 Å². The lowest BCUT2D eigenvalue weighted by Gasteiger charge is -2.05. The van der Waals surface area contributed by atoms with E-state index in [1.54, 1.807) is 48.7 Å². The molecule has 0 amide bonds. The first-order valence-corrected chi connectivity index (χ1v) is 8.02. The third-order valence-corrected chi connectivity index (χ3v) is 3.35. The van der Waals surface area contributed by atoms with E-state index in [2.05, 4.69) is 15.8 Å². The third-order valence-electron chi connectivity index (χ3n) is 2.87. The van der Waals surface area contributed by atoms with Crippen molar-refractivity contribution >= 4 is 41.1 Å². The normalized spacial score (nSPS) is 10.4. The van der Waals surface area contributed by atoms with Crippen LogP contribution in [0.1, 0.15) is 22.8 Å². The summed E-state index contributed by atoms with van der Waals surface area (Å²) in [5, 5.41) is 7.94. The number of hydrogen-bond acceptors (Lipinski definition) is 4. The summed E-state index contributed by atoms with van der Waals surface area (Å²) >= 11 is 10.8. The first-order chi connectivity index (χ1) is 11.6. The van der Waals surface area contributed by atoms with Gasteiger partial charge in [-0.05, 0) is 61.1 Å². The van der Waals surface area contributed by atoms with Gasteiger partial charge in [0.1, 0.15) is 5.75 Å². The highest BCUT2D eigenvalue weighted by molar-refractivity contribution is 7.80. The highest BCUT2D eigenvalue weighted by Gasteiger charge is 2.08. The van der Waals surface area contributed by atoms with Crippen LogP contribution in [0.5, 0.6) is 5.75 Å². The number of esters is 1. The Morgan fingerprint density at radius 3 is 2.75 bits per heavy atom. The molecule has 0 saturated carbocycles. The molecule has 0 atom stereocenters. The largest absolute Gasteiger partial charge is 0.423 e. The maximum atomic E-state index is 12.1. The van der Waals surface area contributed by atoms with Crippen molar-refractivity contribution in [2.24, 2.45) is 5.10 Å². The van der Waals surface area contributed by atoms with E-state index in [9.17, 15) is 4.79 Å². The van der Waals surface area contributed by atoms with Crippen molar-refractivity contribution in [1.29, 1.82) is 0 Å². The summed E-state index contributed by atoms with van der Waals surface area (Å²) in [6.07, 6.45) is 1.59. The van der Waals surface area contributed by atoms with Crippen LogP contribution in [0.3, 0.4) is 0 Å². The minimum absolute atomic E-state index is 0.424. The zero-order valence-corrected chi connectivity index (χ0v) is 14.5. The Kier molecular flexibility index (Phi) is 6.72. The summed E-state index contributed by atoms with van der Waals surface area (Å²) in [7, 11) is 0. The van der Waals surface area contributed by atoms with Gasteiger partial charge in [0.25, 0.3) is 0 Å². The molecule has 0 aromatic heterocycles. The quantitative estimate of drug-likeness (QED) is 0.281. The van der Waals surface area contributed by atoms with Crippen molar-refractivity contribution in [3.63, 3.8) is 0 Å². The van der Waals surface area contributed by atoms with Crippen LogP contribution in [0.4, 0.5) is 0 Å². The molecule has 124 valence electrons. The average Bonchev–Trinajstić information content (AvgIpc) is 2.56. The maximum Gasteiger partial charge on any atom is 0.343 e. The van der Waals surface area contributed by atoms with Gasteiger partial charge in [0.2, 0.25) is 0 Å². The number of ether oxygens (including phenoxy) is 1. The fourth-order valence-electron chi connectivity index (χ4n) is 1.78. The number of halogens is 1. The number of hydrazone groups is 1. The molecule has 2 aromatic carbocycles. The molecular weight excluding hydrogens is 346 g/mol. The lowest BCUT2D eigenvalue weighted by molar-refractivity contribution is 0.0735. The molecule has 0 aliphatic heterocycles. The molecule has 0 saturated heterocycles. The van der Waals surface area contributed by atoms with E-state index < -0.39 is 5.97 Å². The first kappa shape index (κ1) is 17.9. The van der Waals surface area contributed by atoms with Crippen LogP contribution in [0, 0.1) is 0 Å². The van der Waals surface area contributed by atoms with Gasteiger partial charge in [-0.1, -0.05) is 23.7 Å². The third kappa shape index (κ3) is 5.64. The highest BCUT2D eigenvalue weighted by Crippen LogP contribution is 2.16. The fraction of sp³-hybridized carbons (Fsp3) is 0.118. The van der Waals surface area contributed by atoms with Crippen molar-refractivity contribution in [2.75, 3.05) is 6.54 Å². The maximum absolute atomic E-state index is 12.1. The number of benzene rings is 2. The molecule has 2 aromatic rings. The van der Waals surface area contributed by atoms with Gasteiger partial charge in [-0.15, -0.1) is 0 Å². The second-order valence-electron chi connectivity index (χ2n) is 4.70. The number of carbonyl (C=O) groups is 1. The average molecular weight is 362 g/mol. The Hall–Kier alpha value is -2.44. The van der Waals surface area contributed by atoms with Crippen LogP contribution < -0.4 is 15.5 Å². The van der Waals surface area contributed by atoms with E-state index in [0.717, 1.165) is 12.1 Å². The number of rotatable bonds is 5. The smallest absolute Gasteiger partial charge is 0.343 e. The molecule has 0 unspecified atom stereocenters. The van der Waals surface area contributed by atoms with Crippen molar-refractivity contribution < 1.29 is 9.53 Å². The summed E-state index contributed by atoms with van der Waals surface area (Å²) in [5.41, 5.74) is 3.89. The molecular formula is C17H16ClN3O2S. The van der Waals surface area contributed by atoms with Gasteiger partial charge in [0, 0.05) is 11.6 Å². The van der Waals surface area contributed by atoms with Crippen molar-refractivity contribution in [1.82, 2.24) is 10.7 Å². The molecule has 2 rings (SSSR count). The number of carbonyl (C=O) groups excluding carboxylic acids is 1. The Bertz CT molecular complexity index is 748. The lowest BCUT2D eigenvalue weighted by atomic mass is 10.2. The first-order valence-electron chi connectivity index (χ1n) is 7.23. The molecule has 0 radical (unpaired) electrons. The zero-order chi connectivity index (χ0) is 17.4. The Morgan fingerprint density at radius 2 is 2.04 bits per heavy atom. The van der Waals surface area contributed by atoms with Crippen molar-refractivity contribution in [3.05, 3.63) is 64.7 Å². The zero-order valence-electron chi connectivity index (χ0n) is 13.0. The molecule has 0 aliphatic carbocycles. The molecule has 7 heteroatoms. The number of nitrogens with one attached hydrogen (secondary N) is 2. The second-order valence-corrected chi connectivity index (χ2v) is 5.54. The van der Waals surface area contributed by atoms with E-state index >= 15 is 0 Å². The summed E-state index contributed by atoms with van der Waals surface area (Å²) in [5.74, 6) is -0.0274. The van der Waals surface area contributed by atoms with Gasteiger partial charge in [0.05, 0.1) is 11.8 Å². The molecule has 0 bridgehead atoms. The van der Waals surface area contributed by atoms with Crippen LogP contribution >= 0.6 is 23.8 Å². The monoisotopic (exact) mass is 361 g/mol. The minimum Gasteiger partial charge on any atom is -0.423 e.